The largest absolute Gasteiger partial charge is 0.478 e. The molecule has 3 rings (SSSR count). The SMILES string of the molecule is CCN(CC)C(=O)CN1CCN(c2ccc(NS(=O)(=O)c3ccccc3)c(C(=O)O)c2)CC1. The summed E-state index contributed by atoms with van der Waals surface area (Å²) in [6.07, 6.45) is 0. The number of sulfonamides is 1. The maximum absolute atomic E-state index is 12.6. The lowest BCUT2D eigenvalue weighted by molar-refractivity contribution is -0.132. The summed E-state index contributed by atoms with van der Waals surface area (Å²) in [6, 6.07) is 12.5. The number of carboxylic acids is 1. The predicted octanol–water partition coefficient (Wildman–Crippen LogP) is 2.18. The Hall–Kier alpha value is -3.11. The number of piperazine rings is 1. The molecule has 0 radical (unpaired) electrons. The molecular formula is C23H30N4O5S. The Bertz CT molecular complexity index is 1080. The zero-order valence-electron chi connectivity index (χ0n) is 18.9. The second-order valence-electron chi connectivity index (χ2n) is 7.78. The maximum Gasteiger partial charge on any atom is 0.337 e. The number of benzene rings is 2. The minimum atomic E-state index is -3.91. The minimum absolute atomic E-state index is 0.0126. The van der Waals surface area contributed by atoms with Gasteiger partial charge in [0, 0.05) is 45.0 Å². The van der Waals surface area contributed by atoms with E-state index in [1.807, 2.05) is 18.7 Å². The van der Waals surface area contributed by atoms with Gasteiger partial charge in [0.2, 0.25) is 5.91 Å². The number of hydrogen-bond donors (Lipinski definition) is 2. The van der Waals surface area contributed by atoms with Crippen molar-refractivity contribution in [2.24, 2.45) is 0 Å². The number of carbonyl (C=O) groups is 2. The van der Waals surface area contributed by atoms with Crippen LogP contribution in [0.4, 0.5) is 11.4 Å². The first-order chi connectivity index (χ1) is 15.7. The first kappa shape index (κ1) is 24.5. The summed E-state index contributed by atoms with van der Waals surface area (Å²) >= 11 is 0. The highest BCUT2D eigenvalue weighted by Gasteiger charge is 2.23. The fourth-order valence-electron chi connectivity index (χ4n) is 3.83. The van der Waals surface area contributed by atoms with Crippen molar-refractivity contribution in [1.29, 1.82) is 0 Å². The number of nitrogens with zero attached hydrogens (tertiary/aromatic N) is 3. The highest BCUT2D eigenvalue weighted by molar-refractivity contribution is 7.92. The number of likely N-dealkylation sites (N-methyl/N-ethyl adjacent to an activating group) is 1. The molecule has 2 aromatic carbocycles. The molecule has 1 amide bonds. The fraction of sp³-hybridized carbons (Fsp3) is 0.391. The summed E-state index contributed by atoms with van der Waals surface area (Å²) in [6.45, 7) is 8.30. The van der Waals surface area contributed by atoms with Crippen LogP contribution in [0.1, 0.15) is 24.2 Å². The first-order valence-corrected chi connectivity index (χ1v) is 12.4. The molecule has 0 bridgehead atoms. The normalized spacial score (nSPS) is 14.7. The van der Waals surface area contributed by atoms with Crippen molar-refractivity contribution >= 4 is 33.3 Å². The molecule has 1 heterocycles. The maximum atomic E-state index is 12.6. The standard InChI is InChI=1S/C23H30N4O5S/c1-3-26(4-2)22(28)17-25-12-14-27(15-13-25)18-10-11-21(20(16-18)23(29)30)24-33(31,32)19-8-6-5-7-9-19/h5-11,16,24H,3-4,12-15,17H2,1-2H3,(H,29,30). The summed E-state index contributed by atoms with van der Waals surface area (Å²) in [4.78, 5) is 30.2. The van der Waals surface area contributed by atoms with E-state index in [9.17, 15) is 23.1 Å². The van der Waals surface area contributed by atoms with Crippen molar-refractivity contribution in [1.82, 2.24) is 9.80 Å². The Morgan fingerprint density at radius 2 is 1.64 bits per heavy atom. The molecule has 1 saturated heterocycles. The molecule has 0 saturated carbocycles. The fourth-order valence-corrected chi connectivity index (χ4v) is 4.93. The van der Waals surface area contributed by atoms with Gasteiger partial charge in [0.15, 0.2) is 0 Å². The van der Waals surface area contributed by atoms with Gasteiger partial charge in [0.05, 0.1) is 22.7 Å². The van der Waals surface area contributed by atoms with Crippen molar-refractivity contribution in [3.05, 3.63) is 54.1 Å². The van der Waals surface area contributed by atoms with Crippen molar-refractivity contribution in [2.75, 3.05) is 55.4 Å². The third kappa shape index (κ3) is 6.02. The van der Waals surface area contributed by atoms with Gasteiger partial charge in [-0.25, -0.2) is 13.2 Å². The highest BCUT2D eigenvalue weighted by Crippen LogP contribution is 2.26. The van der Waals surface area contributed by atoms with Crippen molar-refractivity contribution in [3.8, 4) is 0 Å². The molecule has 0 spiro atoms. The zero-order chi connectivity index (χ0) is 24.0. The van der Waals surface area contributed by atoms with Gasteiger partial charge in [0.25, 0.3) is 10.0 Å². The quantitative estimate of drug-likeness (QED) is 0.573. The number of amides is 1. The molecule has 9 nitrogen and oxygen atoms in total. The van der Waals surface area contributed by atoms with E-state index in [1.165, 1.54) is 24.3 Å². The van der Waals surface area contributed by atoms with E-state index in [0.717, 1.165) is 0 Å². The Labute approximate surface area is 194 Å². The molecule has 0 aliphatic carbocycles. The summed E-state index contributed by atoms with van der Waals surface area (Å²) in [7, 11) is -3.91. The highest BCUT2D eigenvalue weighted by atomic mass is 32.2. The van der Waals surface area contributed by atoms with Crippen LogP contribution < -0.4 is 9.62 Å². The lowest BCUT2D eigenvalue weighted by Crippen LogP contribution is -2.50. The topological polar surface area (TPSA) is 110 Å². The summed E-state index contributed by atoms with van der Waals surface area (Å²) < 4.78 is 27.6. The Morgan fingerprint density at radius 3 is 2.21 bits per heavy atom. The van der Waals surface area contributed by atoms with Crippen molar-refractivity contribution in [2.45, 2.75) is 18.7 Å². The summed E-state index contributed by atoms with van der Waals surface area (Å²) in [5.41, 5.74) is 0.592. The molecule has 0 unspecified atom stereocenters. The lowest BCUT2D eigenvalue weighted by Gasteiger charge is -2.36. The van der Waals surface area contributed by atoms with E-state index in [-0.39, 0.29) is 22.1 Å². The molecule has 1 aliphatic heterocycles. The van der Waals surface area contributed by atoms with E-state index in [4.69, 9.17) is 0 Å². The van der Waals surface area contributed by atoms with Crippen LogP contribution in [0, 0.1) is 0 Å². The number of hydrogen-bond acceptors (Lipinski definition) is 6. The van der Waals surface area contributed by atoms with Gasteiger partial charge in [0.1, 0.15) is 0 Å². The van der Waals surface area contributed by atoms with Gasteiger partial charge in [-0.05, 0) is 44.2 Å². The molecule has 0 atom stereocenters. The Morgan fingerprint density at radius 1 is 1.00 bits per heavy atom. The monoisotopic (exact) mass is 474 g/mol. The van der Waals surface area contributed by atoms with E-state index in [0.29, 0.717) is 51.5 Å². The van der Waals surface area contributed by atoms with Gasteiger partial charge >= 0.3 is 5.97 Å². The van der Waals surface area contributed by atoms with Crippen molar-refractivity contribution in [3.63, 3.8) is 0 Å². The molecule has 2 N–H and O–H groups in total. The average molecular weight is 475 g/mol. The van der Waals surface area contributed by atoms with Gasteiger partial charge in [-0.15, -0.1) is 0 Å². The van der Waals surface area contributed by atoms with Gasteiger partial charge in [-0.3, -0.25) is 14.4 Å². The van der Waals surface area contributed by atoms with Crippen LogP contribution in [-0.4, -0.2) is 81.0 Å². The molecule has 2 aromatic rings. The van der Waals surface area contributed by atoms with Crippen LogP contribution in [0.25, 0.3) is 0 Å². The second-order valence-corrected chi connectivity index (χ2v) is 9.47. The van der Waals surface area contributed by atoms with Gasteiger partial charge in [-0.2, -0.15) is 0 Å². The first-order valence-electron chi connectivity index (χ1n) is 11.0. The molecule has 0 aromatic heterocycles. The van der Waals surface area contributed by atoms with Crippen LogP contribution in [0.5, 0.6) is 0 Å². The number of carbonyl (C=O) groups excluding carboxylic acids is 1. The van der Waals surface area contributed by atoms with E-state index >= 15 is 0 Å². The van der Waals surface area contributed by atoms with Crippen LogP contribution in [0.15, 0.2) is 53.4 Å². The predicted molar refractivity (Wildman–Crippen MR) is 127 cm³/mol. The Kier molecular flexibility index (Phi) is 7.93. The van der Waals surface area contributed by atoms with Crippen LogP contribution in [0.2, 0.25) is 0 Å². The summed E-state index contributed by atoms with van der Waals surface area (Å²) in [5.74, 6) is -1.11. The molecule has 33 heavy (non-hydrogen) atoms. The molecule has 178 valence electrons. The Balaban J connectivity index is 1.70. The number of rotatable bonds is 9. The average Bonchev–Trinajstić information content (AvgIpc) is 2.81. The van der Waals surface area contributed by atoms with Crippen LogP contribution in [0.3, 0.4) is 0 Å². The van der Waals surface area contributed by atoms with Crippen molar-refractivity contribution < 1.29 is 23.1 Å². The van der Waals surface area contributed by atoms with Gasteiger partial charge in [-0.1, -0.05) is 18.2 Å². The lowest BCUT2D eigenvalue weighted by atomic mass is 10.1. The smallest absolute Gasteiger partial charge is 0.337 e. The molecule has 10 heteroatoms. The number of carboxylic acid groups (broad SMARTS) is 1. The molecule has 1 aliphatic rings. The molecule has 1 fully saturated rings. The number of aromatic carboxylic acids is 1. The van der Waals surface area contributed by atoms with Gasteiger partial charge < -0.3 is 14.9 Å². The van der Waals surface area contributed by atoms with Crippen LogP contribution in [-0.2, 0) is 14.8 Å². The van der Waals surface area contributed by atoms with E-state index < -0.39 is 16.0 Å². The molecular weight excluding hydrogens is 444 g/mol. The third-order valence-electron chi connectivity index (χ3n) is 5.74. The van der Waals surface area contributed by atoms with E-state index in [2.05, 4.69) is 9.62 Å². The zero-order valence-corrected chi connectivity index (χ0v) is 19.7. The van der Waals surface area contributed by atoms with E-state index in [1.54, 1.807) is 29.2 Å². The van der Waals surface area contributed by atoms with Crippen LogP contribution >= 0.6 is 0 Å². The summed E-state index contributed by atoms with van der Waals surface area (Å²) in [5, 5.41) is 9.69. The third-order valence-corrected chi connectivity index (χ3v) is 7.13. The number of nitrogens with one attached hydrogen (secondary N) is 1. The number of anilines is 2. The minimum Gasteiger partial charge on any atom is -0.478 e. The second kappa shape index (κ2) is 10.7.